The fraction of sp³-hybridized carbons (Fsp3) is 0.450. The Morgan fingerprint density at radius 3 is 2.44 bits per heavy atom. The predicted octanol–water partition coefficient (Wildman–Crippen LogP) is 4.52. The second kappa shape index (κ2) is 10.2. The summed E-state index contributed by atoms with van der Waals surface area (Å²) in [5.41, 5.74) is 8.86. The highest BCUT2D eigenvalue weighted by molar-refractivity contribution is 5.85. The van der Waals surface area contributed by atoms with Gasteiger partial charge in [0.2, 0.25) is 0 Å². The number of rotatable bonds is 6. The number of benzene rings is 1. The molecule has 2 heterocycles. The van der Waals surface area contributed by atoms with E-state index in [0.29, 0.717) is 30.3 Å². The lowest BCUT2D eigenvalue weighted by Crippen LogP contribution is -2.44. The van der Waals surface area contributed by atoms with Gasteiger partial charge in [-0.25, -0.2) is 13.8 Å². The molecule has 7 heteroatoms. The maximum absolute atomic E-state index is 14.2. The van der Waals surface area contributed by atoms with Gasteiger partial charge in [-0.1, -0.05) is 6.07 Å². The summed E-state index contributed by atoms with van der Waals surface area (Å²) in [6.45, 7) is 3.07. The molecule has 0 spiro atoms. The quantitative estimate of drug-likeness (QED) is 0.751. The Hall–Kier alpha value is -1.43. The Morgan fingerprint density at radius 1 is 1.11 bits per heavy atom. The van der Waals surface area contributed by atoms with E-state index in [4.69, 9.17) is 5.73 Å². The maximum Gasteiger partial charge on any atom is 0.162 e. The summed E-state index contributed by atoms with van der Waals surface area (Å²) in [5.74, 6) is -1.05. The zero-order chi connectivity index (χ0) is 18.0. The number of pyridine rings is 1. The van der Waals surface area contributed by atoms with Crippen molar-refractivity contribution in [2.75, 3.05) is 19.3 Å². The van der Waals surface area contributed by atoms with Crippen LogP contribution in [-0.4, -0.2) is 29.5 Å². The molecule has 1 saturated heterocycles. The zero-order valence-electron chi connectivity index (χ0n) is 15.7. The molecule has 2 aromatic rings. The lowest BCUT2D eigenvalue weighted by Gasteiger charge is -2.38. The van der Waals surface area contributed by atoms with E-state index < -0.39 is 11.6 Å². The van der Waals surface area contributed by atoms with Crippen LogP contribution in [0.4, 0.5) is 14.6 Å². The van der Waals surface area contributed by atoms with Crippen LogP contribution in [0.15, 0.2) is 24.3 Å². The molecule has 0 aliphatic carbocycles. The molecule has 1 atom stereocenters. The van der Waals surface area contributed by atoms with Crippen LogP contribution in [0.5, 0.6) is 0 Å². The number of aromatic nitrogens is 1. The summed E-state index contributed by atoms with van der Waals surface area (Å²) in [6, 6.07) is 7.43. The van der Waals surface area contributed by atoms with E-state index in [-0.39, 0.29) is 24.8 Å². The fourth-order valence-corrected chi connectivity index (χ4v) is 3.46. The Balaban J connectivity index is 0.00000182. The van der Waals surface area contributed by atoms with Gasteiger partial charge >= 0.3 is 0 Å². The highest BCUT2D eigenvalue weighted by Gasteiger charge is 2.23. The van der Waals surface area contributed by atoms with Gasteiger partial charge < -0.3 is 10.6 Å². The number of nitrogens with two attached hydrogens (primary N) is 1. The van der Waals surface area contributed by atoms with Gasteiger partial charge in [-0.15, -0.1) is 24.8 Å². The van der Waals surface area contributed by atoms with Gasteiger partial charge in [0.25, 0.3) is 0 Å². The van der Waals surface area contributed by atoms with Gasteiger partial charge in [0, 0.05) is 11.7 Å². The normalized spacial score (nSPS) is 16.2. The highest BCUT2D eigenvalue weighted by atomic mass is 35.5. The molecule has 0 amide bonds. The third kappa shape index (κ3) is 6.03. The van der Waals surface area contributed by atoms with E-state index in [1.165, 1.54) is 12.5 Å². The predicted molar refractivity (Wildman–Crippen MR) is 111 cm³/mol. The van der Waals surface area contributed by atoms with Gasteiger partial charge in [-0.2, -0.15) is 0 Å². The van der Waals surface area contributed by atoms with Crippen LogP contribution in [0.25, 0.3) is 0 Å². The van der Waals surface area contributed by atoms with Gasteiger partial charge in [-0.3, -0.25) is 0 Å². The van der Waals surface area contributed by atoms with Crippen LogP contribution in [-0.2, 0) is 19.3 Å². The number of anilines is 1. The van der Waals surface area contributed by atoms with Gasteiger partial charge in [0.1, 0.15) is 5.82 Å². The Kier molecular flexibility index (Phi) is 8.92. The first kappa shape index (κ1) is 23.6. The molecule has 3 rings (SSSR count). The second-order valence-electron chi connectivity index (χ2n) is 7.07. The van der Waals surface area contributed by atoms with E-state index in [1.807, 2.05) is 13.0 Å². The molecule has 1 aliphatic rings. The molecule has 0 bridgehead atoms. The molecular weight excluding hydrogens is 391 g/mol. The molecule has 27 heavy (non-hydrogen) atoms. The minimum absolute atomic E-state index is 0. The third-order valence-electron chi connectivity index (χ3n) is 5.06. The topological polar surface area (TPSA) is 42.1 Å². The molecule has 1 aromatic carbocycles. The first-order valence-corrected chi connectivity index (χ1v) is 8.82. The lowest BCUT2D eigenvalue weighted by molar-refractivity contribution is 0.119. The average molecular weight is 418 g/mol. The van der Waals surface area contributed by atoms with Crippen LogP contribution in [0.1, 0.15) is 35.2 Å². The minimum Gasteiger partial charge on any atom is -0.384 e. The number of nitrogens with zero attached hydrogens (tertiary/aromatic N) is 2. The van der Waals surface area contributed by atoms with E-state index in [9.17, 15) is 8.78 Å². The molecule has 2 N–H and O–H groups in total. The van der Waals surface area contributed by atoms with Gasteiger partial charge in [0.05, 0.1) is 0 Å². The molecule has 3 nitrogen and oxygen atoms in total. The van der Waals surface area contributed by atoms with Crippen LogP contribution in [0.2, 0.25) is 0 Å². The van der Waals surface area contributed by atoms with Crippen LogP contribution < -0.4 is 5.73 Å². The second-order valence-corrected chi connectivity index (χ2v) is 7.07. The number of nitrogen functional groups attached to an aromatic ring is 1. The standard InChI is InChI=1S/C20H25F2N3.2ClH/c1-13-9-16(24-19(23)10-13)5-4-15-11-14(12-18(21)20(15)22)3-6-17-7-8-25(17)2;;/h9-12,17H,3-8H2,1-2H3,(H2,23,24);2*1H/t17-;;/m0../s1. The SMILES string of the molecule is Cc1cc(N)nc(CCc2cc(CC[C@H]3CCN3C)cc(F)c2F)c1.Cl.Cl. The summed E-state index contributed by atoms with van der Waals surface area (Å²) < 4.78 is 28.1. The zero-order valence-corrected chi connectivity index (χ0v) is 17.3. The Morgan fingerprint density at radius 2 is 1.85 bits per heavy atom. The molecule has 1 fully saturated rings. The smallest absolute Gasteiger partial charge is 0.162 e. The van der Waals surface area contributed by atoms with Crippen molar-refractivity contribution in [3.63, 3.8) is 0 Å². The largest absolute Gasteiger partial charge is 0.384 e. The number of aryl methyl sites for hydroxylation is 4. The number of likely N-dealkylation sites (tertiary alicyclic amines) is 1. The van der Waals surface area contributed by atoms with Gasteiger partial charge in [-0.05, 0) is 87.5 Å². The molecule has 0 saturated carbocycles. The van der Waals surface area contributed by atoms with E-state index >= 15 is 0 Å². The molecular formula is C20H27Cl2F2N3. The number of halogens is 4. The summed E-state index contributed by atoms with van der Waals surface area (Å²) >= 11 is 0. The van der Waals surface area contributed by atoms with Crippen molar-refractivity contribution < 1.29 is 8.78 Å². The van der Waals surface area contributed by atoms with Crippen LogP contribution >= 0.6 is 24.8 Å². The molecule has 1 aromatic heterocycles. The molecule has 1 aliphatic heterocycles. The minimum atomic E-state index is -0.758. The summed E-state index contributed by atoms with van der Waals surface area (Å²) in [6.07, 6.45) is 3.90. The van der Waals surface area contributed by atoms with Crippen molar-refractivity contribution in [2.45, 2.75) is 45.1 Å². The summed E-state index contributed by atoms with van der Waals surface area (Å²) in [4.78, 5) is 6.57. The first-order chi connectivity index (χ1) is 11.9. The van der Waals surface area contributed by atoms with E-state index in [0.717, 1.165) is 36.2 Å². The van der Waals surface area contributed by atoms with Crippen molar-refractivity contribution in [1.82, 2.24) is 9.88 Å². The summed E-state index contributed by atoms with van der Waals surface area (Å²) in [5, 5.41) is 0. The Labute approximate surface area is 172 Å². The van der Waals surface area contributed by atoms with Crippen LogP contribution in [0.3, 0.4) is 0 Å². The average Bonchev–Trinajstić information content (AvgIpc) is 2.54. The van der Waals surface area contributed by atoms with Crippen molar-refractivity contribution in [3.05, 3.63) is 58.3 Å². The maximum atomic E-state index is 14.2. The molecule has 150 valence electrons. The third-order valence-corrected chi connectivity index (χ3v) is 5.06. The Bertz CT molecular complexity index is 751. The molecule has 0 radical (unpaired) electrons. The first-order valence-electron chi connectivity index (χ1n) is 8.82. The van der Waals surface area contributed by atoms with Crippen molar-refractivity contribution in [2.24, 2.45) is 0 Å². The van der Waals surface area contributed by atoms with Crippen molar-refractivity contribution >= 4 is 30.6 Å². The fourth-order valence-electron chi connectivity index (χ4n) is 3.46. The summed E-state index contributed by atoms with van der Waals surface area (Å²) in [7, 11) is 2.10. The van der Waals surface area contributed by atoms with Gasteiger partial charge in [0.15, 0.2) is 11.6 Å². The lowest BCUT2D eigenvalue weighted by atomic mass is 9.95. The monoisotopic (exact) mass is 417 g/mol. The van der Waals surface area contributed by atoms with E-state index in [2.05, 4.69) is 16.9 Å². The van der Waals surface area contributed by atoms with E-state index in [1.54, 1.807) is 12.1 Å². The van der Waals surface area contributed by atoms with Crippen molar-refractivity contribution in [1.29, 1.82) is 0 Å². The van der Waals surface area contributed by atoms with Crippen LogP contribution in [0, 0.1) is 18.6 Å². The number of hydrogen-bond donors (Lipinski definition) is 1. The van der Waals surface area contributed by atoms with Crippen molar-refractivity contribution in [3.8, 4) is 0 Å². The number of hydrogen-bond acceptors (Lipinski definition) is 3. The molecule has 0 unspecified atom stereocenters. The highest BCUT2D eigenvalue weighted by Crippen LogP contribution is 2.23.